The molecule has 0 atom stereocenters. The molecule has 11 nitrogen and oxygen atoms in total. The lowest BCUT2D eigenvalue weighted by Gasteiger charge is -2.09. The number of halogens is 1. The predicted octanol–water partition coefficient (Wildman–Crippen LogP) is -0.783. The van der Waals surface area contributed by atoms with Crippen molar-refractivity contribution in [1.82, 2.24) is 15.0 Å². The number of pyridine rings is 1. The number of carboxylic acids is 1. The third kappa shape index (κ3) is 3.73. The average molecular weight is 337 g/mol. The Morgan fingerprint density at radius 2 is 2.08 bits per heavy atom. The normalized spacial score (nSPS) is 10.2. The monoisotopic (exact) mass is 337 g/mol. The molecule has 126 valence electrons. The molecule has 0 aliphatic carbocycles. The zero-order chi connectivity index (χ0) is 17.9. The number of carbonyl (C=O) groups is 2. The molecule has 0 fully saturated rings. The summed E-state index contributed by atoms with van der Waals surface area (Å²) in [4.78, 5) is 43.2. The molecular formula is C12H12FN7O4. The maximum atomic E-state index is 13.4. The molecule has 2 heterocycles. The minimum absolute atomic E-state index is 0.0740. The number of hydrogen-bond donors (Lipinski definition) is 6. The Hall–Kier alpha value is -3.70. The topological polar surface area (TPSA) is 189 Å². The molecule has 0 aliphatic rings. The smallest absolute Gasteiger partial charge is 0.357 e. The summed E-state index contributed by atoms with van der Waals surface area (Å²) in [5, 5.41) is 13.4. The van der Waals surface area contributed by atoms with E-state index in [9.17, 15) is 18.8 Å². The number of rotatable bonds is 5. The first-order valence-corrected chi connectivity index (χ1v) is 6.35. The second-order valence-corrected chi connectivity index (χ2v) is 4.47. The largest absolute Gasteiger partial charge is 0.476 e. The Labute approximate surface area is 132 Å². The molecule has 8 N–H and O–H groups in total. The number of H-pyrrole nitrogens is 1. The van der Waals surface area contributed by atoms with Crippen LogP contribution in [0.5, 0.6) is 0 Å². The highest BCUT2D eigenvalue weighted by molar-refractivity contribution is 5.95. The lowest BCUT2D eigenvalue weighted by molar-refractivity contribution is -0.114. The van der Waals surface area contributed by atoms with Crippen LogP contribution in [0.15, 0.2) is 17.1 Å². The predicted molar refractivity (Wildman–Crippen MR) is 82.0 cm³/mol. The van der Waals surface area contributed by atoms with Crippen LogP contribution in [-0.4, -0.2) is 38.5 Å². The van der Waals surface area contributed by atoms with E-state index in [1.165, 1.54) is 0 Å². The van der Waals surface area contributed by atoms with Gasteiger partial charge in [-0.05, 0) is 0 Å². The van der Waals surface area contributed by atoms with Crippen LogP contribution in [-0.2, 0) is 4.79 Å². The first kappa shape index (κ1) is 16.7. The quantitative estimate of drug-likeness (QED) is 0.406. The van der Waals surface area contributed by atoms with Gasteiger partial charge >= 0.3 is 5.97 Å². The Morgan fingerprint density at radius 3 is 2.67 bits per heavy atom. The minimum atomic E-state index is -1.51. The number of nitrogens with one attached hydrogen (secondary N) is 3. The van der Waals surface area contributed by atoms with Gasteiger partial charge in [0.15, 0.2) is 17.3 Å². The fraction of sp³-hybridized carbons (Fsp3) is 0.0833. The van der Waals surface area contributed by atoms with E-state index in [0.717, 1.165) is 12.3 Å². The van der Waals surface area contributed by atoms with Gasteiger partial charge in [-0.15, -0.1) is 0 Å². The summed E-state index contributed by atoms with van der Waals surface area (Å²) in [6.07, 6.45) is 1.05. The van der Waals surface area contributed by atoms with Gasteiger partial charge in [0.1, 0.15) is 5.69 Å². The van der Waals surface area contributed by atoms with E-state index in [1.54, 1.807) is 0 Å². The standard InChI is InChI=1S/C12H12FN7O4/c13-5-1-4(2-17-7(5)11(23)24)16-3-6(21)18-8-9(14)19-12(15)20-10(8)22/h1-2,16H,3H2,(H,18,21)(H,23,24)(H5,14,15,19,20,22). The molecule has 0 bridgehead atoms. The van der Waals surface area contributed by atoms with Gasteiger partial charge in [0.25, 0.3) is 5.56 Å². The fourth-order valence-electron chi connectivity index (χ4n) is 1.69. The van der Waals surface area contributed by atoms with Gasteiger partial charge in [0.2, 0.25) is 11.9 Å². The van der Waals surface area contributed by atoms with Crippen LogP contribution in [0.2, 0.25) is 0 Å². The van der Waals surface area contributed by atoms with Crippen molar-refractivity contribution in [2.45, 2.75) is 0 Å². The summed E-state index contributed by atoms with van der Waals surface area (Å²) in [5.41, 5.74) is 9.10. The molecule has 1 amide bonds. The highest BCUT2D eigenvalue weighted by Gasteiger charge is 2.14. The van der Waals surface area contributed by atoms with Crippen LogP contribution < -0.4 is 27.7 Å². The van der Waals surface area contributed by atoms with Crippen molar-refractivity contribution in [3.05, 3.63) is 34.1 Å². The Morgan fingerprint density at radius 1 is 1.38 bits per heavy atom. The molecular weight excluding hydrogens is 325 g/mol. The second kappa shape index (κ2) is 6.60. The summed E-state index contributed by atoms with van der Waals surface area (Å²) in [5.74, 6) is -3.71. The second-order valence-electron chi connectivity index (χ2n) is 4.47. The number of aromatic nitrogens is 3. The number of hydrogen-bond acceptors (Lipinski definition) is 8. The molecule has 0 aliphatic heterocycles. The van der Waals surface area contributed by atoms with E-state index in [-0.39, 0.29) is 29.7 Å². The molecule has 2 rings (SSSR count). The van der Waals surface area contributed by atoms with Crippen molar-refractivity contribution in [2.24, 2.45) is 0 Å². The molecule has 24 heavy (non-hydrogen) atoms. The summed E-state index contributed by atoms with van der Waals surface area (Å²) in [7, 11) is 0. The maximum Gasteiger partial charge on any atom is 0.357 e. The van der Waals surface area contributed by atoms with Crippen molar-refractivity contribution in [3.8, 4) is 0 Å². The van der Waals surface area contributed by atoms with Crippen LogP contribution in [0.4, 0.5) is 27.5 Å². The summed E-state index contributed by atoms with van der Waals surface area (Å²) < 4.78 is 13.4. The van der Waals surface area contributed by atoms with E-state index >= 15 is 0 Å². The van der Waals surface area contributed by atoms with Gasteiger partial charge in [-0.25, -0.2) is 14.2 Å². The van der Waals surface area contributed by atoms with Crippen LogP contribution in [0, 0.1) is 5.82 Å². The summed E-state index contributed by atoms with van der Waals surface area (Å²) in [6.45, 7) is -0.364. The molecule has 0 unspecified atom stereocenters. The molecule has 0 aromatic carbocycles. The maximum absolute atomic E-state index is 13.4. The number of aromatic carboxylic acids is 1. The highest BCUT2D eigenvalue weighted by atomic mass is 19.1. The third-order valence-electron chi connectivity index (χ3n) is 2.73. The van der Waals surface area contributed by atoms with E-state index in [1.807, 2.05) is 0 Å². The zero-order valence-electron chi connectivity index (χ0n) is 12.0. The molecule has 0 saturated heterocycles. The lowest BCUT2D eigenvalue weighted by atomic mass is 10.3. The van der Waals surface area contributed by atoms with Crippen LogP contribution in [0.3, 0.4) is 0 Å². The Bertz CT molecular complexity index is 867. The van der Waals surface area contributed by atoms with Crippen molar-refractivity contribution in [3.63, 3.8) is 0 Å². The number of nitrogen functional groups attached to an aromatic ring is 2. The number of anilines is 4. The third-order valence-corrected chi connectivity index (χ3v) is 2.73. The van der Waals surface area contributed by atoms with Crippen LogP contribution in [0.1, 0.15) is 10.5 Å². The lowest BCUT2D eigenvalue weighted by Crippen LogP contribution is -2.27. The zero-order valence-corrected chi connectivity index (χ0v) is 12.0. The molecule has 2 aromatic heterocycles. The summed E-state index contributed by atoms with van der Waals surface area (Å²) >= 11 is 0. The van der Waals surface area contributed by atoms with Gasteiger partial charge in [0, 0.05) is 6.07 Å². The summed E-state index contributed by atoms with van der Waals surface area (Å²) in [6, 6.07) is 0.871. The molecule has 0 spiro atoms. The minimum Gasteiger partial charge on any atom is -0.476 e. The van der Waals surface area contributed by atoms with Crippen molar-refractivity contribution in [1.29, 1.82) is 0 Å². The number of carbonyl (C=O) groups excluding carboxylic acids is 1. The van der Waals surface area contributed by atoms with E-state index in [0.29, 0.717) is 0 Å². The van der Waals surface area contributed by atoms with E-state index < -0.39 is 28.9 Å². The molecule has 0 saturated carbocycles. The van der Waals surface area contributed by atoms with Crippen molar-refractivity contribution in [2.75, 3.05) is 28.6 Å². The molecule has 12 heteroatoms. The number of amides is 1. The van der Waals surface area contributed by atoms with Gasteiger partial charge < -0.3 is 27.2 Å². The number of aromatic amines is 1. The van der Waals surface area contributed by atoms with Gasteiger partial charge in [-0.3, -0.25) is 14.6 Å². The van der Waals surface area contributed by atoms with E-state index in [2.05, 4.69) is 25.6 Å². The van der Waals surface area contributed by atoms with Crippen molar-refractivity contribution >= 4 is 35.0 Å². The Balaban J connectivity index is 2.03. The highest BCUT2D eigenvalue weighted by Crippen LogP contribution is 2.12. The molecule has 0 radical (unpaired) electrons. The number of nitrogens with zero attached hydrogens (tertiary/aromatic N) is 2. The van der Waals surface area contributed by atoms with Gasteiger partial charge in [0.05, 0.1) is 18.4 Å². The van der Waals surface area contributed by atoms with E-state index in [4.69, 9.17) is 16.6 Å². The Kier molecular flexibility index (Phi) is 4.58. The van der Waals surface area contributed by atoms with Crippen LogP contribution >= 0.6 is 0 Å². The molecule has 2 aromatic rings. The SMILES string of the molecule is Nc1nc(N)c(NC(=O)CNc2cnc(C(=O)O)c(F)c2)c(=O)[nH]1. The number of nitrogens with two attached hydrogens (primary N) is 2. The first-order chi connectivity index (χ1) is 11.3. The van der Waals surface area contributed by atoms with Crippen molar-refractivity contribution < 1.29 is 19.1 Å². The average Bonchev–Trinajstić information content (AvgIpc) is 2.48. The first-order valence-electron chi connectivity index (χ1n) is 6.35. The van der Waals surface area contributed by atoms with Gasteiger partial charge in [-0.2, -0.15) is 4.98 Å². The van der Waals surface area contributed by atoms with Crippen LogP contribution in [0.25, 0.3) is 0 Å². The van der Waals surface area contributed by atoms with Gasteiger partial charge in [-0.1, -0.05) is 0 Å². The number of carboxylic acid groups (broad SMARTS) is 1. The fourth-order valence-corrected chi connectivity index (χ4v) is 1.69.